The number of halogens is 2. The number of nitrogens with one attached hydrogen (secondary N) is 1. The number of benzene rings is 3. The molecule has 5 heteroatoms. The minimum atomic E-state index is -0.301. The van der Waals surface area contributed by atoms with E-state index in [0.29, 0.717) is 35.2 Å². The predicted octanol–water partition coefficient (Wildman–Crippen LogP) is 6.07. The SMILES string of the molecule is CCOc1cc(CNc2ccccc2)c(Cl)cc1OCc1ccccc1F. The fourth-order valence-electron chi connectivity index (χ4n) is 2.62. The van der Waals surface area contributed by atoms with Crippen LogP contribution in [-0.4, -0.2) is 6.61 Å². The zero-order valence-corrected chi connectivity index (χ0v) is 15.8. The van der Waals surface area contributed by atoms with Gasteiger partial charge in [0.15, 0.2) is 11.5 Å². The van der Waals surface area contributed by atoms with Gasteiger partial charge in [-0.25, -0.2) is 4.39 Å². The summed E-state index contributed by atoms with van der Waals surface area (Å²) < 4.78 is 25.3. The van der Waals surface area contributed by atoms with Gasteiger partial charge in [0.2, 0.25) is 0 Å². The summed E-state index contributed by atoms with van der Waals surface area (Å²) in [5.74, 6) is 0.780. The van der Waals surface area contributed by atoms with E-state index in [2.05, 4.69) is 5.32 Å². The first-order valence-corrected chi connectivity index (χ1v) is 9.15. The van der Waals surface area contributed by atoms with Crippen molar-refractivity contribution in [1.82, 2.24) is 0 Å². The van der Waals surface area contributed by atoms with Crippen LogP contribution in [0.15, 0.2) is 66.7 Å². The van der Waals surface area contributed by atoms with Crippen molar-refractivity contribution in [2.45, 2.75) is 20.1 Å². The van der Waals surface area contributed by atoms with Gasteiger partial charge < -0.3 is 14.8 Å². The molecule has 0 spiro atoms. The highest BCUT2D eigenvalue weighted by Crippen LogP contribution is 2.34. The van der Waals surface area contributed by atoms with E-state index in [0.717, 1.165) is 11.3 Å². The van der Waals surface area contributed by atoms with E-state index in [1.807, 2.05) is 43.3 Å². The highest BCUT2D eigenvalue weighted by molar-refractivity contribution is 6.31. The molecule has 0 heterocycles. The lowest BCUT2D eigenvalue weighted by atomic mass is 10.2. The molecule has 0 atom stereocenters. The van der Waals surface area contributed by atoms with Gasteiger partial charge in [0, 0.05) is 28.9 Å². The zero-order chi connectivity index (χ0) is 19.1. The van der Waals surface area contributed by atoms with Gasteiger partial charge in [0.1, 0.15) is 12.4 Å². The summed E-state index contributed by atoms with van der Waals surface area (Å²) in [5, 5.41) is 3.89. The molecular weight excluding hydrogens is 365 g/mol. The second-order valence-corrected chi connectivity index (χ2v) is 6.33. The van der Waals surface area contributed by atoms with Gasteiger partial charge in [0.05, 0.1) is 6.61 Å². The first kappa shape index (κ1) is 19.1. The topological polar surface area (TPSA) is 30.5 Å². The normalized spacial score (nSPS) is 10.5. The van der Waals surface area contributed by atoms with E-state index >= 15 is 0 Å². The summed E-state index contributed by atoms with van der Waals surface area (Å²) in [5.41, 5.74) is 2.37. The van der Waals surface area contributed by atoms with Crippen LogP contribution >= 0.6 is 11.6 Å². The molecule has 3 rings (SSSR count). The number of ether oxygens (including phenoxy) is 2. The number of para-hydroxylation sites is 1. The molecule has 0 fully saturated rings. The predicted molar refractivity (Wildman–Crippen MR) is 107 cm³/mol. The molecule has 0 aromatic heterocycles. The largest absolute Gasteiger partial charge is 0.490 e. The van der Waals surface area contributed by atoms with E-state index in [9.17, 15) is 4.39 Å². The maximum atomic E-state index is 13.8. The zero-order valence-electron chi connectivity index (χ0n) is 15.0. The van der Waals surface area contributed by atoms with E-state index in [1.54, 1.807) is 24.3 Å². The highest BCUT2D eigenvalue weighted by atomic mass is 35.5. The molecule has 0 amide bonds. The Balaban J connectivity index is 1.76. The average molecular weight is 386 g/mol. The fourth-order valence-corrected chi connectivity index (χ4v) is 2.84. The highest BCUT2D eigenvalue weighted by Gasteiger charge is 2.12. The Hall–Kier alpha value is -2.72. The van der Waals surface area contributed by atoms with E-state index < -0.39 is 0 Å². The third-order valence-electron chi connectivity index (χ3n) is 4.01. The minimum absolute atomic E-state index is 0.102. The van der Waals surface area contributed by atoms with Crippen LogP contribution in [0.2, 0.25) is 5.02 Å². The molecule has 1 N–H and O–H groups in total. The van der Waals surface area contributed by atoms with Crippen molar-refractivity contribution in [3.63, 3.8) is 0 Å². The standard InChI is InChI=1S/C22H21ClFNO2/c1-2-26-21-12-17(14-25-18-9-4-3-5-10-18)19(23)13-22(21)27-15-16-8-6-7-11-20(16)24/h3-13,25H,2,14-15H2,1H3. The summed E-state index contributed by atoms with van der Waals surface area (Å²) in [6.07, 6.45) is 0. The Morgan fingerprint density at radius 2 is 1.59 bits per heavy atom. The maximum Gasteiger partial charge on any atom is 0.163 e. The quantitative estimate of drug-likeness (QED) is 0.510. The Morgan fingerprint density at radius 3 is 2.33 bits per heavy atom. The number of hydrogen-bond donors (Lipinski definition) is 1. The van der Waals surface area contributed by atoms with Crippen molar-refractivity contribution in [2.24, 2.45) is 0 Å². The lowest BCUT2D eigenvalue weighted by Crippen LogP contribution is -2.04. The summed E-state index contributed by atoms with van der Waals surface area (Å²) in [6, 6.07) is 20.0. The Bertz CT molecular complexity index is 887. The smallest absolute Gasteiger partial charge is 0.163 e. The molecule has 3 nitrogen and oxygen atoms in total. The lowest BCUT2D eigenvalue weighted by Gasteiger charge is -2.16. The first-order valence-electron chi connectivity index (χ1n) is 8.77. The van der Waals surface area contributed by atoms with Crippen LogP contribution in [0.3, 0.4) is 0 Å². The molecule has 0 bridgehead atoms. The molecule has 0 radical (unpaired) electrons. The molecule has 0 unspecified atom stereocenters. The van der Waals surface area contributed by atoms with Gasteiger partial charge in [-0.3, -0.25) is 0 Å². The first-order chi connectivity index (χ1) is 13.2. The van der Waals surface area contributed by atoms with Crippen molar-refractivity contribution in [3.05, 3.63) is 88.7 Å². The van der Waals surface area contributed by atoms with Gasteiger partial charge in [-0.15, -0.1) is 0 Å². The van der Waals surface area contributed by atoms with Crippen LogP contribution in [0.25, 0.3) is 0 Å². The molecule has 3 aromatic carbocycles. The van der Waals surface area contributed by atoms with Gasteiger partial charge in [-0.1, -0.05) is 48.0 Å². The molecule has 0 saturated carbocycles. The molecule has 0 aliphatic heterocycles. The summed E-state index contributed by atoms with van der Waals surface area (Å²) >= 11 is 6.43. The van der Waals surface area contributed by atoms with Crippen LogP contribution in [0, 0.1) is 5.82 Å². The van der Waals surface area contributed by atoms with Crippen molar-refractivity contribution >= 4 is 17.3 Å². The van der Waals surface area contributed by atoms with Crippen molar-refractivity contribution < 1.29 is 13.9 Å². The van der Waals surface area contributed by atoms with Crippen LogP contribution in [0.5, 0.6) is 11.5 Å². The molecule has 27 heavy (non-hydrogen) atoms. The van der Waals surface area contributed by atoms with Crippen LogP contribution in [-0.2, 0) is 13.2 Å². The van der Waals surface area contributed by atoms with Crippen molar-refractivity contribution in [3.8, 4) is 11.5 Å². The third-order valence-corrected chi connectivity index (χ3v) is 4.36. The van der Waals surface area contributed by atoms with E-state index in [-0.39, 0.29) is 12.4 Å². The minimum Gasteiger partial charge on any atom is -0.490 e. The maximum absolute atomic E-state index is 13.8. The van der Waals surface area contributed by atoms with E-state index in [1.165, 1.54) is 6.07 Å². The molecular formula is C22H21ClFNO2. The molecule has 0 aliphatic rings. The number of rotatable bonds is 8. The third kappa shape index (κ3) is 5.14. The lowest BCUT2D eigenvalue weighted by molar-refractivity contribution is 0.265. The van der Waals surface area contributed by atoms with Gasteiger partial charge >= 0.3 is 0 Å². The van der Waals surface area contributed by atoms with Crippen LogP contribution < -0.4 is 14.8 Å². The van der Waals surface area contributed by atoms with Crippen LogP contribution in [0.4, 0.5) is 10.1 Å². The van der Waals surface area contributed by atoms with Gasteiger partial charge in [-0.2, -0.15) is 0 Å². The summed E-state index contributed by atoms with van der Waals surface area (Å²) in [4.78, 5) is 0. The van der Waals surface area contributed by atoms with Gasteiger partial charge in [0.25, 0.3) is 0 Å². The molecule has 0 saturated heterocycles. The summed E-state index contributed by atoms with van der Waals surface area (Å²) in [6.45, 7) is 3.04. The Morgan fingerprint density at radius 1 is 0.889 bits per heavy atom. The average Bonchev–Trinajstić information content (AvgIpc) is 2.69. The van der Waals surface area contributed by atoms with Crippen LogP contribution in [0.1, 0.15) is 18.1 Å². The van der Waals surface area contributed by atoms with Crippen molar-refractivity contribution in [2.75, 3.05) is 11.9 Å². The number of hydrogen-bond acceptors (Lipinski definition) is 3. The fraction of sp³-hybridized carbons (Fsp3) is 0.182. The molecule has 140 valence electrons. The number of anilines is 1. The second-order valence-electron chi connectivity index (χ2n) is 5.92. The molecule has 0 aliphatic carbocycles. The molecule has 3 aromatic rings. The van der Waals surface area contributed by atoms with E-state index in [4.69, 9.17) is 21.1 Å². The summed E-state index contributed by atoms with van der Waals surface area (Å²) in [7, 11) is 0. The monoisotopic (exact) mass is 385 g/mol. The Kier molecular flexibility index (Phi) is 6.55. The Labute approximate surface area is 163 Å². The van der Waals surface area contributed by atoms with Gasteiger partial charge in [-0.05, 0) is 36.8 Å². The second kappa shape index (κ2) is 9.28. The van der Waals surface area contributed by atoms with Crippen molar-refractivity contribution in [1.29, 1.82) is 0 Å².